The second-order valence-corrected chi connectivity index (χ2v) is 8.73. The number of fused-ring (bicyclic) bond motifs is 1. The highest BCUT2D eigenvalue weighted by Crippen LogP contribution is 2.32. The van der Waals surface area contributed by atoms with Crippen molar-refractivity contribution in [2.45, 2.75) is 51.6 Å². The average molecular weight is 369 g/mol. The molecule has 1 aliphatic rings. The van der Waals surface area contributed by atoms with Crippen LogP contribution >= 0.6 is 11.3 Å². The molecular weight excluding hydrogens is 346 g/mol. The van der Waals surface area contributed by atoms with Crippen LogP contribution in [0.2, 0.25) is 0 Å². The van der Waals surface area contributed by atoms with E-state index in [1.54, 1.807) is 28.4 Å². The quantitative estimate of drug-likeness (QED) is 0.709. The summed E-state index contributed by atoms with van der Waals surface area (Å²) in [7, 11) is 0. The standard InChI is InChI=1S/C19H23N5OS/c1-19(2,3)15-6-7-16(25)24(22-15)11-13-5-4-9-23(13)18-17-14(8-10-26-17)20-12-21-18/h6-8,10,12-13H,4-5,9,11H2,1-3H3. The van der Waals surface area contributed by atoms with Gasteiger partial charge in [0.25, 0.3) is 5.56 Å². The number of nitrogens with zero attached hydrogens (tertiary/aromatic N) is 5. The van der Waals surface area contributed by atoms with Crippen molar-refractivity contribution in [2.24, 2.45) is 0 Å². The third-order valence-corrected chi connectivity index (χ3v) is 5.79. The van der Waals surface area contributed by atoms with Crippen LogP contribution in [0.15, 0.2) is 34.7 Å². The number of thiophene rings is 1. The molecule has 0 spiro atoms. The predicted octanol–water partition coefficient (Wildman–Crippen LogP) is 3.21. The Labute approximate surface area is 156 Å². The maximum atomic E-state index is 12.4. The molecule has 3 aromatic heterocycles. The summed E-state index contributed by atoms with van der Waals surface area (Å²) < 4.78 is 2.74. The summed E-state index contributed by atoms with van der Waals surface area (Å²) in [4.78, 5) is 23.6. The third kappa shape index (κ3) is 3.11. The van der Waals surface area contributed by atoms with Crippen molar-refractivity contribution < 1.29 is 0 Å². The van der Waals surface area contributed by atoms with E-state index in [1.807, 2.05) is 17.5 Å². The zero-order chi connectivity index (χ0) is 18.3. The van der Waals surface area contributed by atoms with Gasteiger partial charge in [0.1, 0.15) is 12.1 Å². The van der Waals surface area contributed by atoms with Gasteiger partial charge in [0, 0.05) is 18.0 Å². The molecule has 6 nitrogen and oxygen atoms in total. The molecule has 1 unspecified atom stereocenters. The van der Waals surface area contributed by atoms with Crippen LogP contribution in [0.4, 0.5) is 5.82 Å². The van der Waals surface area contributed by atoms with Crippen molar-refractivity contribution in [1.29, 1.82) is 0 Å². The molecule has 1 fully saturated rings. The molecule has 1 atom stereocenters. The molecule has 0 radical (unpaired) electrons. The average Bonchev–Trinajstić information content (AvgIpc) is 3.24. The van der Waals surface area contributed by atoms with Crippen molar-refractivity contribution >= 4 is 27.4 Å². The fraction of sp³-hybridized carbons (Fsp3) is 0.474. The molecule has 7 heteroatoms. The lowest BCUT2D eigenvalue weighted by Gasteiger charge is -2.27. The molecule has 4 rings (SSSR count). The molecule has 0 amide bonds. The molecule has 0 saturated carbocycles. The molecule has 0 bridgehead atoms. The maximum Gasteiger partial charge on any atom is 0.266 e. The minimum absolute atomic E-state index is 0.0474. The second-order valence-electron chi connectivity index (χ2n) is 7.81. The fourth-order valence-electron chi connectivity index (χ4n) is 3.46. The molecule has 3 aromatic rings. The topological polar surface area (TPSA) is 63.9 Å². The van der Waals surface area contributed by atoms with Crippen LogP contribution in [0.25, 0.3) is 10.2 Å². The maximum absolute atomic E-state index is 12.4. The number of anilines is 1. The lowest BCUT2D eigenvalue weighted by molar-refractivity contribution is 0.457. The first-order valence-electron chi connectivity index (χ1n) is 8.97. The molecule has 1 aliphatic heterocycles. The molecule has 26 heavy (non-hydrogen) atoms. The first kappa shape index (κ1) is 17.1. The van der Waals surface area contributed by atoms with Crippen molar-refractivity contribution in [1.82, 2.24) is 19.7 Å². The Bertz CT molecular complexity index is 987. The molecule has 0 aromatic carbocycles. The number of hydrogen-bond acceptors (Lipinski definition) is 6. The number of aromatic nitrogens is 4. The smallest absolute Gasteiger partial charge is 0.266 e. The lowest BCUT2D eigenvalue weighted by Crippen LogP contribution is -2.38. The van der Waals surface area contributed by atoms with Crippen molar-refractivity contribution in [3.05, 3.63) is 46.0 Å². The summed E-state index contributed by atoms with van der Waals surface area (Å²) in [5.41, 5.74) is 1.79. The summed E-state index contributed by atoms with van der Waals surface area (Å²) in [6.45, 7) is 7.86. The van der Waals surface area contributed by atoms with Crippen LogP contribution in [0.5, 0.6) is 0 Å². The molecule has 136 valence electrons. The third-order valence-electron chi connectivity index (χ3n) is 4.89. The van der Waals surface area contributed by atoms with Gasteiger partial charge in [0.2, 0.25) is 0 Å². The van der Waals surface area contributed by atoms with Gasteiger partial charge in [-0.25, -0.2) is 14.6 Å². The summed E-state index contributed by atoms with van der Waals surface area (Å²) >= 11 is 1.67. The molecule has 0 aliphatic carbocycles. The largest absolute Gasteiger partial charge is 0.350 e. The van der Waals surface area contributed by atoms with Gasteiger partial charge in [-0.2, -0.15) is 5.10 Å². The zero-order valence-electron chi connectivity index (χ0n) is 15.3. The highest BCUT2D eigenvalue weighted by Gasteiger charge is 2.29. The van der Waals surface area contributed by atoms with E-state index in [4.69, 9.17) is 0 Å². The Kier molecular flexibility index (Phi) is 4.26. The molecular formula is C19H23N5OS. The Morgan fingerprint density at radius 1 is 1.23 bits per heavy atom. The van der Waals surface area contributed by atoms with Crippen LogP contribution in [0.3, 0.4) is 0 Å². The van der Waals surface area contributed by atoms with Gasteiger partial charge >= 0.3 is 0 Å². The second kappa shape index (κ2) is 6.46. The van der Waals surface area contributed by atoms with Crippen LogP contribution in [-0.2, 0) is 12.0 Å². The van der Waals surface area contributed by atoms with E-state index < -0.39 is 0 Å². The van der Waals surface area contributed by atoms with Crippen LogP contribution < -0.4 is 10.5 Å². The lowest BCUT2D eigenvalue weighted by atomic mass is 9.92. The van der Waals surface area contributed by atoms with E-state index in [9.17, 15) is 4.79 Å². The molecule has 1 saturated heterocycles. The number of hydrogen-bond donors (Lipinski definition) is 0. The van der Waals surface area contributed by atoms with Gasteiger partial charge in [-0.05, 0) is 30.4 Å². The Balaban J connectivity index is 1.66. The molecule has 4 heterocycles. The minimum atomic E-state index is -0.0827. The van der Waals surface area contributed by atoms with E-state index in [1.165, 1.54) is 0 Å². The van der Waals surface area contributed by atoms with E-state index in [0.717, 1.165) is 41.1 Å². The van der Waals surface area contributed by atoms with Gasteiger partial charge in [-0.3, -0.25) is 4.79 Å². The van der Waals surface area contributed by atoms with E-state index in [-0.39, 0.29) is 17.0 Å². The summed E-state index contributed by atoms with van der Waals surface area (Å²) in [5, 5.41) is 6.68. The van der Waals surface area contributed by atoms with Gasteiger partial charge in [0.05, 0.1) is 28.5 Å². The Morgan fingerprint density at radius 2 is 2.08 bits per heavy atom. The number of rotatable bonds is 3. The van der Waals surface area contributed by atoms with Gasteiger partial charge in [-0.1, -0.05) is 20.8 Å². The van der Waals surface area contributed by atoms with Gasteiger partial charge in [-0.15, -0.1) is 11.3 Å². The Hall–Kier alpha value is -2.28. The normalized spacial score (nSPS) is 18.0. The van der Waals surface area contributed by atoms with E-state index in [0.29, 0.717) is 6.54 Å². The van der Waals surface area contributed by atoms with E-state index >= 15 is 0 Å². The van der Waals surface area contributed by atoms with Crippen LogP contribution in [0.1, 0.15) is 39.3 Å². The fourth-order valence-corrected chi connectivity index (χ4v) is 4.31. The van der Waals surface area contributed by atoms with Gasteiger partial charge < -0.3 is 4.90 Å². The van der Waals surface area contributed by atoms with Crippen molar-refractivity contribution in [3.8, 4) is 0 Å². The van der Waals surface area contributed by atoms with Crippen molar-refractivity contribution in [2.75, 3.05) is 11.4 Å². The van der Waals surface area contributed by atoms with Gasteiger partial charge in [0.15, 0.2) is 0 Å². The van der Waals surface area contributed by atoms with Crippen LogP contribution in [-0.4, -0.2) is 32.3 Å². The summed E-state index contributed by atoms with van der Waals surface area (Å²) in [6.07, 6.45) is 3.75. The summed E-state index contributed by atoms with van der Waals surface area (Å²) in [5.74, 6) is 0.979. The molecule has 0 N–H and O–H groups in total. The highest BCUT2D eigenvalue weighted by atomic mass is 32.1. The van der Waals surface area contributed by atoms with Crippen molar-refractivity contribution in [3.63, 3.8) is 0 Å². The summed E-state index contributed by atoms with van der Waals surface area (Å²) in [6, 6.07) is 5.71. The minimum Gasteiger partial charge on any atom is -0.350 e. The Morgan fingerprint density at radius 3 is 2.88 bits per heavy atom. The monoisotopic (exact) mass is 369 g/mol. The highest BCUT2D eigenvalue weighted by molar-refractivity contribution is 7.17. The predicted molar refractivity (Wildman–Crippen MR) is 105 cm³/mol. The SMILES string of the molecule is CC(C)(C)c1ccc(=O)n(CC2CCCN2c2ncnc3ccsc23)n1. The zero-order valence-corrected chi connectivity index (χ0v) is 16.2. The first-order chi connectivity index (χ1) is 12.4. The first-order valence-corrected chi connectivity index (χ1v) is 9.85. The van der Waals surface area contributed by atoms with Crippen LogP contribution in [0, 0.1) is 0 Å². The van der Waals surface area contributed by atoms with E-state index in [2.05, 4.69) is 40.7 Å².